The number of nitrogens with one attached hydrogen (secondary N) is 2. The molecule has 0 bridgehead atoms. The van der Waals surface area contributed by atoms with Gasteiger partial charge in [-0.15, -0.1) is 0 Å². The van der Waals surface area contributed by atoms with Gasteiger partial charge < -0.3 is 10.6 Å². The zero-order valence-electron chi connectivity index (χ0n) is 15.6. The summed E-state index contributed by atoms with van der Waals surface area (Å²) in [5.74, 6) is -1.17. The van der Waals surface area contributed by atoms with E-state index in [1.807, 2.05) is 0 Å². The highest BCUT2D eigenvalue weighted by Gasteiger charge is 2.33. The molecule has 0 aromatic heterocycles. The van der Waals surface area contributed by atoms with Crippen LogP contribution in [0.25, 0.3) is 0 Å². The second kappa shape index (κ2) is 10.3. The maximum atomic E-state index is 13.0. The Morgan fingerprint density at radius 1 is 0.900 bits per heavy atom. The summed E-state index contributed by atoms with van der Waals surface area (Å²) in [6.07, 6.45) is -4.60. The monoisotopic (exact) mass is 481 g/mol. The van der Waals surface area contributed by atoms with Crippen LogP contribution in [0.4, 0.5) is 24.5 Å². The van der Waals surface area contributed by atoms with Crippen molar-refractivity contribution in [2.45, 2.75) is 13.1 Å². The molecule has 0 aliphatic heterocycles. The summed E-state index contributed by atoms with van der Waals surface area (Å²) in [7, 11) is 0. The first-order valence-corrected chi connectivity index (χ1v) is 9.77. The Kier molecular flexibility index (Phi) is 8.37. The number of halogens is 6. The van der Waals surface area contributed by atoms with Crippen LogP contribution in [0.1, 0.15) is 12.5 Å². The summed E-state index contributed by atoms with van der Waals surface area (Å²) in [6, 6.07) is 7.43. The minimum absolute atomic E-state index is 0.183. The lowest BCUT2D eigenvalue weighted by Gasteiger charge is -2.20. The Bertz CT molecular complexity index is 939. The van der Waals surface area contributed by atoms with Crippen LogP contribution in [0.5, 0.6) is 0 Å². The van der Waals surface area contributed by atoms with E-state index in [1.165, 1.54) is 29.2 Å². The fourth-order valence-electron chi connectivity index (χ4n) is 2.52. The van der Waals surface area contributed by atoms with E-state index in [2.05, 4.69) is 10.6 Å². The molecular weight excluding hydrogens is 466 g/mol. The normalized spacial score (nSPS) is 11.5. The van der Waals surface area contributed by atoms with Crippen LogP contribution in [-0.2, 0) is 15.8 Å². The number of amides is 2. The fourth-order valence-corrected chi connectivity index (χ4v) is 3.12. The van der Waals surface area contributed by atoms with E-state index < -0.39 is 23.6 Å². The van der Waals surface area contributed by atoms with Gasteiger partial charge in [0.15, 0.2) is 0 Å². The van der Waals surface area contributed by atoms with Crippen LogP contribution in [0.15, 0.2) is 36.4 Å². The van der Waals surface area contributed by atoms with E-state index in [1.54, 1.807) is 6.92 Å². The van der Waals surface area contributed by atoms with Gasteiger partial charge in [0.1, 0.15) is 0 Å². The Morgan fingerprint density at radius 3 is 2.00 bits per heavy atom. The Hall–Kier alpha value is -2.00. The molecule has 162 valence electrons. The van der Waals surface area contributed by atoms with Crippen molar-refractivity contribution in [1.82, 2.24) is 4.90 Å². The van der Waals surface area contributed by atoms with Crippen LogP contribution in [0, 0.1) is 0 Å². The van der Waals surface area contributed by atoms with Gasteiger partial charge in [0.2, 0.25) is 11.8 Å². The first-order chi connectivity index (χ1) is 14.0. The van der Waals surface area contributed by atoms with Gasteiger partial charge in [-0.2, -0.15) is 13.2 Å². The van der Waals surface area contributed by atoms with Crippen molar-refractivity contribution in [1.29, 1.82) is 0 Å². The first kappa shape index (κ1) is 24.3. The third-order valence-corrected chi connectivity index (χ3v) is 5.01. The summed E-state index contributed by atoms with van der Waals surface area (Å²) < 4.78 is 39.1. The van der Waals surface area contributed by atoms with Crippen molar-refractivity contribution >= 4 is 58.0 Å². The molecule has 2 aromatic rings. The van der Waals surface area contributed by atoms with Crippen LogP contribution < -0.4 is 10.6 Å². The van der Waals surface area contributed by atoms with Gasteiger partial charge in [-0.1, -0.05) is 53.9 Å². The van der Waals surface area contributed by atoms with Gasteiger partial charge >= 0.3 is 6.18 Å². The van der Waals surface area contributed by atoms with E-state index in [0.29, 0.717) is 6.54 Å². The van der Waals surface area contributed by atoms with E-state index >= 15 is 0 Å². The van der Waals surface area contributed by atoms with Crippen LogP contribution >= 0.6 is 34.8 Å². The molecule has 2 aromatic carbocycles. The van der Waals surface area contributed by atoms with Crippen molar-refractivity contribution in [3.8, 4) is 0 Å². The van der Waals surface area contributed by atoms with E-state index in [4.69, 9.17) is 34.8 Å². The number of rotatable bonds is 7. The molecule has 0 aliphatic carbocycles. The number of anilines is 2. The quantitative estimate of drug-likeness (QED) is 0.508. The molecule has 30 heavy (non-hydrogen) atoms. The lowest BCUT2D eigenvalue weighted by atomic mass is 10.1. The molecule has 0 fully saturated rings. The predicted molar refractivity (Wildman–Crippen MR) is 112 cm³/mol. The van der Waals surface area contributed by atoms with E-state index in [0.717, 1.165) is 12.1 Å². The third kappa shape index (κ3) is 6.77. The zero-order chi connectivity index (χ0) is 22.5. The van der Waals surface area contributed by atoms with Crippen LogP contribution in [-0.4, -0.2) is 36.3 Å². The third-order valence-electron chi connectivity index (χ3n) is 3.97. The molecule has 2 amide bonds. The van der Waals surface area contributed by atoms with E-state index in [9.17, 15) is 22.8 Å². The molecule has 0 saturated carbocycles. The molecule has 0 radical (unpaired) electrons. The smallest absolute Gasteiger partial charge is 0.324 e. The van der Waals surface area contributed by atoms with E-state index in [-0.39, 0.29) is 39.5 Å². The molecule has 0 saturated heterocycles. The standard InChI is InChI=1S/C19H17Cl3F3N3O2/c1-2-28(10-18(30)27-16-8-13(21)12(20)7-14(16)22)9-17(29)26-15-6-4-3-5-11(15)19(23,24)25/h3-8H,2,9-10H2,1H3,(H,26,29)(H,27,30). The second-order valence-corrected chi connectivity index (χ2v) is 7.41. The molecule has 0 heterocycles. The largest absolute Gasteiger partial charge is 0.418 e. The lowest BCUT2D eigenvalue weighted by molar-refractivity contribution is -0.137. The highest BCUT2D eigenvalue weighted by atomic mass is 35.5. The highest BCUT2D eigenvalue weighted by Crippen LogP contribution is 2.34. The minimum Gasteiger partial charge on any atom is -0.324 e. The Morgan fingerprint density at radius 2 is 1.43 bits per heavy atom. The number of hydrogen-bond donors (Lipinski definition) is 2. The molecule has 0 aliphatic rings. The summed E-state index contributed by atoms with van der Waals surface area (Å²) in [4.78, 5) is 26.0. The lowest BCUT2D eigenvalue weighted by Crippen LogP contribution is -2.38. The van der Waals surface area contributed by atoms with Crippen LogP contribution in [0.2, 0.25) is 15.1 Å². The molecule has 2 rings (SSSR count). The molecule has 11 heteroatoms. The number of para-hydroxylation sites is 1. The van der Waals surface area contributed by atoms with Gasteiger partial charge in [0.05, 0.1) is 45.1 Å². The summed E-state index contributed by atoms with van der Waals surface area (Å²) >= 11 is 17.8. The number of hydrogen-bond acceptors (Lipinski definition) is 3. The van der Waals surface area contributed by atoms with Crippen molar-refractivity contribution < 1.29 is 22.8 Å². The molecular formula is C19H17Cl3F3N3O2. The minimum atomic E-state index is -4.60. The van der Waals surface area contributed by atoms with Gasteiger partial charge in [-0.05, 0) is 30.8 Å². The van der Waals surface area contributed by atoms with Crippen molar-refractivity contribution in [2.75, 3.05) is 30.3 Å². The first-order valence-electron chi connectivity index (χ1n) is 8.64. The SMILES string of the molecule is CCN(CC(=O)Nc1cc(Cl)c(Cl)cc1Cl)CC(=O)Nc1ccccc1C(F)(F)F. The molecule has 0 unspecified atom stereocenters. The van der Waals surface area contributed by atoms with Crippen LogP contribution in [0.3, 0.4) is 0 Å². The maximum absolute atomic E-state index is 13.0. The number of alkyl halides is 3. The molecule has 5 nitrogen and oxygen atoms in total. The summed E-state index contributed by atoms with van der Waals surface area (Å²) in [5.41, 5.74) is -1.05. The predicted octanol–water partition coefficient (Wildman–Crippen LogP) is 5.56. The molecule has 2 N–H and O–H groups in total. The van der Waals surface area contributed by atoms with Gasteiger partial charge in [0, 0.05) is 0 Å². The highest BCUT2D eigenvalue weighted by molar-refractivity contribution is 6.44. The number of carbonyl (C=O) groups is 2. The Balaban J connectivity index is 2.00. The zero-order valence-corrected chi connectivity index (χ0v) is 17.9. The van der Waals surface area contributed by atoms with Crippen molar-refractivity contribution in [2.24, 2.45) is 0 Å². The molecule has 0 atom stereocenters. The average Bonchev–Trinajstić information content (AvgIpc) is 2.65. The molecule has 0 spiro atoms. The maximum Gasteiger partial charge on any atom is 0.418 e. The number of carbonyl (C=O) groups excluding carboxylic acids is 2. The summed E-state index contributed by atoms with van der Waals surface area (Å²) in [5, 5.41) is 5.41. The van der Waals surface area contributed by atoms with Gasteiger partial charge in [-0.25, -0.2) is 0 Å². The van der Waals surface area contributed by atoms with Gasteiger partial charge in [-0.3, -0.25) is 14.5 Å². The number of nitrogens with zero attached hydrogens (tertiary/aromatic N) is 1. The Labute approximate surface area is 186 Å². The topological polar surface area (TPSA) is 61.4 Å². The summed E-state index contributed by atoms with van der Waals surface area (Å²) in [6.45, 7) is 1.53. The number of benzene rings is 2. The number of likely N-dealkylation sites (N-methyl/N-ethyl adjacent to an activating group) is 1. The average molecular weight is 483 g/mol. The van der Waals surface area contributed by atoms with Crippen molar-refractivity contribution in [3.63, 3.8) is 0 Å². The fraction of sp³-hybridized carbons (Fsp3) is 0.263. The van der Waals surface area contributed by atoms with Gasteiger partial charge in [0.25, 0.3) is 0 Å². The second-order valence-electron chi connectivity index (χ2n) is 6.19. The van der Waals surface area contributed by atoms with Crippen molar-refractivity contribution in [3.05, 3.63) is 57.0 Å².